The summed E-state index contributed by atoms with van der Waals surface area (Å²) in [5, 5.41) is 24.1. The number of aliphatic hydroxyl groups excluding tert-OH is 1. The fourth-order valence-corrected chi connectivity index (χ4v) is 5.17. The van der Waals surface area contributed by atoms with E-state index in [1.807, 2.05) is 33.0 Å². The Balaban J connectivity index is 0.00000274. The van der Waals surface area contributed by atoms with Crippen LogP contribution in [0, 0.1) is 11.6 Å². The van der Waals surface area contributed by atoms with Gasteiger partial charge in [-0.1, -0.05) is 58.9 Å². The topological polar surface area (TPSA) is 77.0 Å². The van der Waals surface area contributed by atoms with E-state index in [0.29, 0.717) is 5.56 Å². The number of nitrogens with one attached hydrogen (secondary N) is 2. The van der Waals surface area contributed by atoms with Crippen molar-refractivity contribution in [1.82, 2.24) is 15.6 Å². The molecule has 0 heterocycles. The van der Waals surface area contributed by atoms with Crippen molar-refractivity contribution in [2.24, 2.45) is 5.10 Å². The summed E-state index contributed by atoms with van der Waals surface area (Å²) in [6.45, 7) is 12.1. The second-order valence-corrected chi connectivity index (χ2v) is 11.7. The molecule has 0 bridgehead atoms. The van der Waals surface area contributed by atoms with Crippen molar-refractivity contribution in [3.8, 4) is 0 Å². The lowest BCUT2D eigenvalue weighted by molar-refractivity contribution is -0.120. The van der Waals surface area contributed by atoms with Gasteiger partial charge >= 0.3 is 0 Å². The van der Waals surface area contributed by atoms with E-state index in [0.717, 1.165) is 43.0 Å². The van der Waals surface area contributed by atoms with Gasteiger partial charge in [0.25, 0.3) is 0 Å². The lowest BCUT2D eigenvalue weighted by atomic mass is 9.74. The van der Waals surface area contributed by atoms with E-state index >= 15 is 0 Å². The summed E-state index contributed by atoms with van der Waals surface area (Å²) in [5.74, 6) is -1.70. The van der Waals surface area contributed by atoms with Gasteiger partial charge in [0.15, 0.2) is 0 Å². The maximum Gasteiger partial charge on any atom is 0.217 e. The van der Waals surface area contributed by atoms with E-state index in [-0.39, 0.29) is 29.8 Å². The molecule has 1 aliphatic carbocycles. The minimum atomic E-state index is -0.982. The van der Waals surface area contributed by atoms with Crippen molar-refractivity contribution in [3.63, 3.8) is 0 Å². The Morgan fingerprint density at radius 3 is 2.20 bits per heavy atom. The van der Waals surface area contributed by atoms with E-state index < -0.39 is 23.8 Å². The molecule has 2 aromatic carbocycles. The molecule has 2 atom stereocenters. The van der Waals surface area contributed by atoms with E-state index in [9.17, 15) is 18.7 Å². The Bertz CT molecular complexity index is 1110. The molecule has 8 heteroatoms. The van der Waals surface area contributed by atoms with Crippen molar-refractivity contribution in [2.45, 2.75) is 96.7 Å². The Kier molecular flexibility index (Phi) is 12.3. The molecular weight excluding hydrogens is 510 g/mol. The number of carbonyl (C=O) groups excluding carboxylic acids is 1. The van der Waals surface area contributed by atoms with Gasteiger partial charge in [-0.05, 0) is 66.3 Å². The molecule has 0 aliphatic heterocycles. The fraction of sp³-hybridized carbons (Fsp3) is 0.562. The number of halogens is 2. The molecular formula is C32H48F2N4O2. The molecule has 2 aromatic rings. The van der Waals surface area contributed by atoms with Crippen LogP contribution in [0.15, 0.2) is 47.6 Å². The van der Waals surface area contributed by atoms with Crippen LogP contribution in [0.1, 0.15) is 83.9 Å². The first-order valence-electron chi connectivity index (χ1n) is 14.3. The maximum absolute atomic E-state index is 13.8. The molecule has 6 nitrogen and oxygen atoms in total. The highest BCUT2D eigenvalue weighted by Gasteiger charge is 2.37. The summed E-state index contributed by atoms with van der Waals surface area (Å²) < 4.78 is 27.6. The van der Waals surface area contributed by atoms with Crippen molar-refractivity contribution in [1.29, 1.82) is 0 Å². The normalized spacial score (nSPS) is 18.7. The molecule has 0 saturated heterocycles. The van der Waals surface area contributed by atoms with Crippen LogP contribution in [-0.2, 0) is 22.2 Å². The summed E-state index contributed by atoms with van der Waals surface area (Å²) in [6.07, 6.45) is 2.37. The Morgan fingerprint density at radius 2 is 1.68 bits per heavy atom. The predicted molar refractivity (Wildman–Crippen MR) is 159 cm³/mol. The van der Waals surface area contributed by atoms with Crippen LogP contribution in [0.3, 0.4) is 0 Å². The van der Waals surface area contributed by atoms with Crippen molar-refractivity contribution >= 4 is 11.6 Å². The molecule has 0 spiro atoms. The first-order valence-corrected chi connectivity index (χ1v) is 14.3. The van der Waals surface area contributed by atoms with E-state index in [1.165, 1.54) is 24.6 Å². The number of carbonyl (C=O) groups is 1. The number of amides is 1. The van der Waals surface area contributed by atoms with Crippen LogP contribution in [0.2, 0.25) is 0 Å². The molecule has 2 unspecified atom stereocenters. The lowest BCUT2D eigenvalue weighted by Gasteiger charge is -2.41. The lowest BCUT2D eigenvalue weighted by Crippen LogP contribution is -2.53. The molecule has 3 rings (SSSR count). The number of nitrogens with zero attached hydrogens (tertiary/aromatic N) is 2. The molecule has 1 saturated carbocycles. The fourth-order valence-electron chi connectivity index (χ4n) is 5.17. The summed E-state index contributed by atoms with van der Waals surface area (Å²) in [4.78, 5) is 11.9. The average molecular weight is 559 g/mol. The zero-order valence-corrected chi connectivity index (χ0v) is 25.4. The largest absolute Gasteiger partial charge is 0.390 e. The van der Waals surface area contributed by atoms with E-state index in [1.54, 1.807) is 0 Å². The zero-order valence-electron chi connectivity index (χ0n) is 25.4. The van der Waals surface area contributed by atoms with Gasteiger partial charge in [-0.3, -0.25) is 4.79 Å². The van der Waals surface area contributed by atoms with E-state index in [2.05, 4.69) is 60.8 Å². The maximum atomic E-state index is 13.8. The molecule has 0 radical (unpaired) electrons. The summed E-state index contributed by atoms with van der Waals surface area (Å²) in [5.41, 5.74) is 3.50. The molecule has 0 aromatic heterocycles. The number of rotatable bonds is 9. The quantitative estimate of drug-likeness (QED) is 0.347. The number of hydrazone groups is 1. The van der Waals surface area contributed by atoms with Crippen LogP contribution < -0.4 is 10.6 Å². The number of aliphatic hydroxyl groups is 1. The van der Waals surface area contributed by atoms with Crippen LogP contribution >= 0.6 is 0 Å². The van der Waals surface area contributed by atoms with Gasteiger partial charge < -0.3 is 20.7 Å². The summed E-state index contributed by atoms with van der Waals surface area (Å²) in [7, 11) is 3.84. The zero-order chi connectivity index (χ0) is 30.1. The van der Waals surface area contributed by atoms with Gasteiger partial charge in [0.2, 0.25) is 5.91 Å². The second-order valence-electron chi connectivity index (χ2n) is 11.7. The Morgan fingerprint density at radius 1 is 1.07 bits per heavy atom. The number of hydrogen-bond acceptors (Lipinski definition) is 5. The highest BCUT2D eigenvalue weighted by Crippen LogP contribution is 2.38. The van der Waals surface area contributed by atoms with Crippen LogP contribution in [-0.4, -0.2) is 54.5 Å². The smallest absolute Gasteiger partial charge is 0.217 e. The van der Waals surface area contributed by atoms with Gasteiger partial charge in [-0.25, -0.2) is 8.78 Å². The van der Waals surface area contributed by atoms with Crippen LogP contribution in [0.25, 0.3) is 0 Å². The highest BCUT2D eigenvalue weighted by atomic mass is 19.1. The molecule has 222 valence electrons. The van der Waals surface area contributed by atoms with Gasteiger partial charge in [0, 0.05) is 44.9 Å². The van der Waals surface area contributed by atoms with Gasteiger partial charge in [0.05, 0.1) is 12.1 Å². The summed E-state index contributed by atoms with van der Waals surface area (Å²) in [6, 6.07) is 11.1. The molecule has 1 fully saturated rings. The van der Waals surface area contributed by atoms with Crippen LogP contribution in [0.5, 0.6) is 0 Å². The average Bonchev–Trinajstić information content (AvgIpc) is 2.87. The molecule has 40 heavy (non-hydrogen) atoms. The monoisotopic (exact) mass is 558 g/mol. The highest BCUT2D eigenvalue weighted by molar-refractivity contribution is 5.85. The standard InChI is InChI=1S/C30H42F2N4O2.C2H6/c1-20(37)34-27(16-21-14-24(31)18-25(32)15-21)28(38)19-33-30(12-10-26(11-13-30)35-36(5)6)23-9-7-8-22(17-23)29(2,3)4;1-2/h7-9,14-15,17-18,27-28,33,38H,10-13,16,19H2,1-6H3,(H,34,37);1-2H3. The van der Waals surface area contributed by atoms with Crippen LogP contribution in [0.4, 0.5) is 8.78 Å². The Labute approximate surface area is 239 Å². The van der Waals surface area contributed by atoms with Crippen molar-refractivity contribution in [2.75, 3.05) is 20.6 Å². The minimum absolute atomic E-state index is 0.0142. The Hall–Kier alpha value is -2.84. The minimum Gasteiger partial charge on any atom is -0.390 e. The van der Waals surface area contributed by atoms with Gasteiger partial charge in [-0.2, -0.15) is 5.10 Å². The van der Waals surface area contributed by atoms with Gasteiger partial charge in [0.1, 0.15) is 11.6 Å². The van der Waals surface area contributed by atoms with Gasteiger partial charge in [-0.15, -0.1) is 0 Å². The van der Waals surface area contributed by atoms with Crippen molar-refractivity contribution in [3.05, 3.63) is 70.8 Å². The van der Waals surface area contributed by atoms with Crippen molar-refractivity contribution < 1.29 is 18.7 Å². The number of benzene rings is 2. The SMILES string of the molecule is CC.CC(=O)NC(Cc1cc(F)cc(F)c1)C(O)CNC1(c2cccc(C(C)(C)C)c2)CCC(=NN(C)C)CC1. The predicted octanol–water partition coefficient (Wildman–Crippen LogP) is 5.67. The third-order valence-corrected chi connectivity index (χ3v) is 7.18. The number of hydrogen-bond donors (Lipinski definition) is 3. The molecule has 3 N–H and O–H groups in total. The molecule has 1 amide bonds. The first kappa shape index (κ1) is 33.4. The molecule has 1 aliphatic rings. The second kappa shape index (κ2) is 14.7. The van der Waals surface area contributed by atoms with E-state index in [4.69, 9.17) is 0 Å². The third-order valence-electron chi connectivity index (χ3n) is 7.18. The third kappa shape index (κ3) is 9.66. The summed E-state index contributed by atoms with van der Waals surface area (Å²) >= 11 is 0. The first-order chi connectivity index (χ1) is 18.8.